The molecule has 0 aliphatic carbocycles. The summed E-state index contributed by atoms with van der Waals surface area (Å²) in [5.41, 5.74) is 4.81. The predicted octanol–water partition coefficient (Wildman–Crippen LogP) is 2.66. The number of benzene rings is 2. The third-order valence-electron chi connectivity index (χ3n) is 4.62. The topological polar surface area (TPSA) is 105 Å². The number of non-ortho nitro benzene ring substituents is 1. The van der Waals surface area contributed by atoms with Crippen LogP contribution in [-0.2, 0) is 16.0 Å². The molecule has 0 saturated carbocycles. The normalized spacial score (nSPS) is 16.5. The van der Waals surface area contributed by atoms with Gasteiger partial charge in [-0.05, 0) is 24.1 Å². The van der Waals surface area contributed by atoms with Crippen molar-refractivity contribution < 1.29 is 14.5 Å². The van der Waals surface area contributed by atoms with Crippen LogP contribution in [0.15, 0.2) is 53.6 Å². The Labute approximate surface area is 162 Å². The van der Waals surface area contributed by atoms with Gasteiger partial charge in [0.2, 0.25) is 11.8 Å². The maximum absolute atomic E-state index is 12.3. The second-order valence-electron chi connectivity index (χ2n) is 6.51. The van der Waals surface area contributed by atoms with Crippen LogP contribution in [-0.4, -0.2) is 29.5 Å². The summed E-state index contributed by atoms with van der Waals surface area (Å²) in [6.07, 6.45) is 2.37. The Kier molecular flexibility index (Phi) is 5.78. The van der Waals surface area contributed by atoms with Gasteiger partial charge in [0.1, 0.15) is 0 Å². The fourth-order valence-electron chi connectivity index (χ4n) is 3.02. The molecule has 0 unspecified atom stereocenters. The van der Waals surface area contributed by atoms with Crippen LogP contribution >= 0.6 is 0 Å². The molecule has 0 radical (unpaired) electrons. The van der Waals surface area contributed by atoms with E-state index >= 15 is 0 Å². The van der Waals surface area contributed by atoms with Crippen molar-refractivity contribution in [1.29, 1.82) is 0 Å². The Morgan fingerprint density at radius 1 is 1.32 bits per heavy atom. The van der Waals surface area contributed by atoms with Gasteiger partial charge in [-0.15, -0.1) is 0 Å². The molecule has 8 heteroatoms. The van der Waals surface area contributed by atoms with Gasteiger partial charge in [0.15, 0.2) is 0 Å². The van der Waals surface area contributed by atoms with E-state index in [1.54, 1.807) is 17.0 Å². The van der Waals surface area contributed by atoms with Crippen molar-refractivity contribution in [2.24, 2.45) is 11.0 Å². The van der Waals surface area contributed by atoms with E-state index < -0.39 is 10.8 Å². The van der Waals surface area contributed by atoms with Gasteiger partial charge in [0.25, 0.3) is 5.69 Å². The Hall–Kier alpha value is -3.55. The number of nitro benzene ring substituents is 1. The predicted molar refractivity (Wildman–Crippen MR) is 105 cm³/mol. The zero-order valence-corrected chi connectivity index (χ0v) is 15.4. The average molecular weight is 380 g/mol. The molecule has 8 nitrogen and oxygen atoms in total. The second kappa shape index (κ2) is 8.43. The zero-order valence-electron chi connectivity index (χ0n) is 15.4. The lowest BCUT2D eigenvalue weighted by Gasteiger charge is -2.16. The first-order valence-corrected chi connectivity index (χ1v) is 8.94. The molecule has 1 aliphatic heterocycles. The molecule has 1 atom stereocenters. The maximum Gasteiger partial charge on any atom is 0.270 e. The summed E-state index contributed by atoms with van der Waals surface area (Å²) in [5, 5.41) is 14.6. The van der Waals surface area contributed by atoms with Gasteiger partial charge in [-0.3, -0.25) is 19.7 Å². The maximum atomic E-state index is 12.3. The lowest BCUT2D eigenvalue weighted by molar-refractivity contribution is -0.384. The highest BCUT2D eigenvalue weighted by molar-refractivity contribution is 6.00. The number of anilines is 1. The van der Waals surface area contributed by atoms with E-state index in [4.69, 9.17) is 0 Å². The van der Waals surface area contributed by atoms with Crippen LogP contribution in [0.1, 0.15) is 24.5 Å². The number of aryl methyl sites for hydroxylation is 1. The standard InChI is InChI=1S/C20H20N4O4/c1-2-14-6-8-17(9-7-14)23-13-16(11-19(23)25)20(26)22-21-12-15-4-3-5-18(10-15)24(27)28/h3-10,12,16H,2,11,13H2,1H3,(H,22,26)/b21-12-/t16-/m1/s1. The Morgan fingerprint density at radius 3 is 2.75 bits per heavy atom. The molecule has 0 spiro atoms. The fourth-order valence-corrected chi connectivity index (χ4v) is 3.02. The third-order valence-corrected chi connectivity index (χ3v) is 4.62. The SMILES string of the molecule is CCc1ccc(N2C[C@H](C(=O)N/N=C\c3cccc([N+](=O)[O-])c3)CC2=O)cc1. The van der Waals surface area contributed by atoms with Crippen LogP contribution < -0.4 is 10.3 Å². The Balaban J connectivity index is 1.60. The number of hydrazone groups is 1. The number of carbonyl (C=O) groups is 2. The van der Waals surface area contributed by atoms with Gasteiger partial charge in [-0.1, -0.05) is 31.2 Å². The van der Waals surface area contributed by atoms with E-state index in [9.17, 15) is 19.7 Å². The smallest absolute Gasteiger partial charge is 0.270 e. The van der Waals surface area contributed by atoms with Crippen LogP contribution in [0.3, 0.4) is 0 Å². The molecule has 1 saturated heterocycles. The first-order chi connectivity index (χ1) is 13.5. The van der Waals surface area contributed by atoms with Crippen molar-refractivity contribution in [1.82, 2.24) is 5.43 Å². The summed E-state index contributed by atoms with van der Waals surface area (Å²) in [4.78, 5) is 36.5. The van der Waals surface area contributed by atoms with Crippen molar-refractivity contribution in [2.45, 2.75) is 19.8 Å². The van der Waals surface area contributed by atoms with Crippen LogP contribution in [0.2, 0.25) is 0 Å². The molecule has 0 aromatic heterocycles. The molecule has 1 N–H and O–H groups in total. The fraction of sp³-hybridized carbons (Fsp3) is 0.250. The number of rotatable bonds is 6. The highest BCUT2D eigenvalue weighted by Gasteiger charge is 2.35. The summed E-state index contributed by atoms with van der Waals surface area (Å²) in [6, 6.07) is 13.6. The minimum atomic E-state index is -0.499. The van der Waals surface area contributed by atoms with Gasteiger partial charge in [-0.2, -0.15) is 5.10 Å². The molecule has 0 bridgehead atoms. The Bertz CT molecular complexity index is 924. The molecular formula is C20H20N4O4. The average Bonchev–Trinajstić information content (AvgIpc) is 3.10. The molecular weight excluding hydrogens is 360 g/mol. The van der Waals surface area contributed by atoms with E-state index in [1.807, 2.05) is 24.3 Å². The van der Waals surface area contributed by atoms with Crippen molar-refractivity contribution >= 4 is 29.4 Å². The minimum absolute atomic E-state index is 0.0543. The zero-order chi connectivity index (χ0) is 20.1. The van der Waals surface area contributed by atoms with Crippen molar-refractivity contribution in [2.75, 3.05) is 11.4 Å². The number of nitro groups is 1. The highest BCUT2D eigenvalue weighted by Crippen LogP contribution is 2.25. The van der Waals surface area contributed by atoms with Crippen LogP contribution in [0.25, 0.3) is 0 Å². The van der Waals surface area contributed by atoms with Crippen LogP contribution in [0, 0.1) is 16.0 Å². The second-order valence-corrected chi connectivity index (χ2v) is 6.51. The van der Waals surface area contributed by atoms with Gasteiger partial charge in [0.05, 0.1) is 17.1 Å². The first kappa shape index (κ1) is 19.2. The van der Waals surface area contributed by atoms with Gasteiger partial charge in [0, 0.05) is 36.3 Å². The van der Waals surface area contributed by atoms with E-state index in [1.165, 1.54) is 23.9 Å². The summed E-state index contributed by atoms with van der Waals surface area (Å²) in [5.74, 6) is -0.963. The molecule has 3 rings (SSSR count). The van der Waals surface area contributed by atoms with E-state index in [0.29, 0.717) is 12.1 Å². The highest BCUT2D eigenvalue weighted by atomic mass is 16.6. The van der Waals surface area contributed by atoms with Crippen molar-refractivity contribution in [3.8, 4) is 0 Å². The van der Waals surface area contributed by atoms with Gasteiger partial charge >= 0.3 is 0 Å². The van der Waals surface area contributed by atoms with Crippen molar-refractivity contribution in [3.63, 3.8) is 0 Å². The number of hydrogen-bond donors (Lipinski definition) is 1. The minimum Gasteiger partial charge on any atom is -0.312 e. The largest absolute Gasteiger partial charge is 0.312 e. The monoisotopic (exact) mass is 380 g/mol. The number of carbonyl (C=O) groups excluding carboxylic acids is 2. The number of nitrogens with zero attached hydrogens (tertiary/aromatic N) is 3. The van der Waals surface area contributed by atoms with E-state index in [-0.39, 0.29) is 23.9 Å². The number of amides is 2. The van der Waals surface area contributed by atoms with Crippen molar-refractivity contribution in [3.05, 3.63) is 69.8 Å². The Morgan fingerprint density at radius 2 is 2.07 bits per heavy atom. The first-order valence-electron chi connectivity index (χ1n) is 8.94. The summed E-state index contributed by atoms with van der Waals surface area (Å²) in [7, 11) is 0. The molecule has 144 valence electrons. The van der Waals surface area contributed by atoms with E-state index in [2.05, 4.69) is 17.5 Å². The molecule has 1 heterocycles. The van der Waals surface area contributed by atoms with Crippen LogP contribution in [0.5, 0.6) is 0 Å². The molecule has 2 aromatic rings. The summed E-state index contributed by atoms with van der Waals surface area (Å²) >= 11 is 0. The molecule has 2 aromatic carbocycles. The van der Waals surface area contributed by atoms with Gasteiger partial charge in [-0.25, -0.2) is 5.43 Å². The third kappa shape index (κ3) is 4.40. The van der Waals surface area contributed by atoms with E-state index in [0.717, 1.165) is 12.1 Å². The molecule has 2 amide bonds. The number of nitrogens with one attached hydrogen (secondary N) is 1. The molecule has 28 heavy (non-hydrogen) atoms. The van der Waals surface area contributed by atoms with Crippen LogP contribution in [0.4, 0.5) is 11.4 Å². The quantitative estimate of drug-likeness (QED) is 0.472. The van der Waals surface area contributed by atoms with Gasteiger partial charge < -0.3 is 4.90 Å². The summed E-state index contributed by atoms with van der Waals surface area (Å²) in [6.45, 7) is 2.35. The lowest BCUT2D eigenvalue weighted by Crippen LogP contribution is -2.30. The molecule has 1 fully saturated rings. The lowest BCUT2D eigenvalue weighted by atomic mass is 10.1. The summed E-state index contributed by atoms with van der Waals surface area (Å²) < 4.78 is 0. The number of hydrogen-bond acceptors (Lipinski definition) is 5. The molecule has 1 aliphatic rings.